The molecule has 2 rings (SSSR count). The van der Waals surface area contributed by atoms with Crippen molar-refractivity contribution >= 4 is 0 Å². The average Bonchev–Trinajstić information content (AvgIpc) is 2.45. The molecule has 0 spiro atoms. The van der Waals surface area contributed by atoms with Crippen molar-refractivity contribution in [1.82, 2.24) is 5.32 Å². The Balaban J connectivity index is 2.06. The molecular weight excluding hydrogens is 238 g/mol. The third-order valence-corrected chi connectivity index (χ3v) is 3.64. The maximum atomic E-state index is 8.79. The van der Waals surface area contributed by atoms with Gasteiger partial charge in [-0.25, -0.2) is 0 Å². The summed E-state index contributed by atoms with van der Waals surface area (Å²) >= 11 is 0. The molecule has 1 aromatic rings. The van der Waals surface area contributed by atoms with Gasteiger partial charge >= 0.3 is 0 Å². The monoisotopic (exact) mass is 263 g/mol. The summed E-state index contributed by atoms with van der Waals surface area (Å²) in [6.07, 6.45) is 5.51. The summed E-state index contributed by atoms with van der Waals surface area (Å²) in [4.78, 5) is 0. The SMILES string of the molecule is CCCNC1CCCc2ccc(OCCCO)cc21. The zero-order valence-electron chi connectivity index (χ0n) is 11.8. The fraction of sp³-hybridized carbons (Fsp3) is 0.625. The van der Waals surface area contributed by atoms with E-state index in [0.29, 0.717) is 19.1 Å². The van der Waals surface area contributed by atoms with Crippen LogP contribution in [0.2, 0.25) is 0 Å². The zero-order chi connectivity index (χ0) is 13.5. The van der Waals surface area contributed by atoms with E-state index < -0.39 is 0 Å². The van der Waals surface area contributed by atoms with Crippen molar-refractivity contribution < 1.29 is 9.84 Å². The third-order valence-electron chi connectivity index (χ3n) is 3.64. The van der Waals surface area contributed by atoms with Crippen molar-refractivity contribution in [3.8, 4) is 5.75 Å². The summed E-state index contributed by atoms with van der Waals surface area (Å²) in [6, 6.07) is 6.91. The Hall–Kier alpha value is -1.06. The van der Waals surface area contributed by atoms with Gasteiger partial charge in [-0.2, -0.15) is 0 Å². The molecule has 1 atom stereocenters. The highest BCUT2D eigenvalue weighted by molar-refractivity contribution is 5.39. The van der Waals surface area contributed by atoms with Crippen molar-refractivity contribution in [1.29, 1.82) is 0 Å². The number of fused-ring (bicyclic) bond motifs is 1. The van der Waals surface area contributed by atoms with Crippen LogP contribution in [0.25, 0.3) is 0 Å². The molecule has 3 nitrogen and oxygen atoms in total. The van der Waals surface area contributed by atoms with Gasteiger partial charge in [-0.15, -0.1) is 0 Å². The second kappa shape index (κ2) is 7.51. The van der Waals surface area contributed by atoms with Gasteiger partial charge in [-0.3, -0.25) is 0 Å². The van der Waals surface area contributed by atoms with E-state index in [2.05, 4.69) is 30.4 Å². The first-order chi connectivity index (χ1) is 9.35. The molecular formula is C16H25NO2. The molecule has 0 aromatic heterocycles. The fourth-order valence-electron chi connectivity index (χ4n) is 2.65. The summed E-state index contributed by atoms with van der Waals surface area (Å²) in [5, 5.41) is 12.4. The number of benzene rings is 1. The third kappa shape index (κ3) is 3.95. The minimum Gasteiger partial charge on any atom is -0.493 e. The van der Waals surface area contributed by atoms with E-state index in [4.69, 9.17) is 9.84 Å². The Morgan fingerprint density at radius 3 is 3.11 bits per heavy atom. The minimum atomic E-state index is 0.186. The lowest BCUT2D eigenvalue weighted by molar-refractivity contribution is 0.233. The van der Waals surface area contributed by atoms with Gasteiger partial charge in [0.15, 0.2) is 0 Å². The molecule has 1 unspecified atom stereocenters. The number of nitrogens with one attached hydrogen (secondary N) is 1. The molecule has 1 aromatic carbocycles. The number of aryl methyl sites for hydroxylation is 1. The second-order valence-corrected chi connectivity index (χ2v) is 5.19. The molecule has 0 heterocycles. The molecule has 2 N–H and O–H groups in total. The Morgan fingerprint density at radius 1 is 1.42 bits per heavy atom. The first-order valence-corrected chi connectivity index (χ1v) is 7.45. The van der Waals surface area contributed by atoms with Gasteiger partial charge in [0, 0.05) is 19.1 Å². The van der Waals surface area contributed by atoms with Crippen molar-refractivity contribution in [2.45, 2.75) is 45.1 Å². The van der Waals surface area contributed by atoms with E-state index >= 15 is 0 Å². The van der Waals surface area contributed by atoms with Crippen LogP contribution in [-0.4, -0.2) is 24.9 Å². The Bertz CT molecular complexity index is 392. The lowest BCUT2D eigenvalue weighted by Gasteiger charge is -2.27. The van der Waals surface area contributed by atoms with Crippen molar-refractivity contribution in [3.05, 3.63) is 29.3 Å². The molecule has 3 heteroatoms. The first-order valence-electron chi connectivity index (χ1n) is 7.45. The number of aliphatic hydroxyl groups excluding tert-OH is 1. The van der Waals surface area contributed by atoms with Crippen LogP contribution < -0.4 is 10.1 Å². The van der Waals surface area contributed by atoms with Crippen molar-refractivity contribution in [2.24, 2.45) is 0 Å². The maximum absolute atomic E-state index is 8.79. The smallest absolute Gasteiger partial charge is 0.119 e. The summed E-state index contributed by atoms with van der Waals surface area (Å²) < 4.78 is 5.68. The van der Waals surface area contributed by atoms with Gasteiger partial charge in [0.05, 0.1) is 6.61 Å². The highest BCUT2D eigenvalue weighted by Gasteiger charge is 2.19. The topological polar surface area (TPSA) is 41.5 Å². The summed E-state index contributed by atoms with van der Waals surface area (Å²) in [7, 11) is 0. The molecule has 19 heavy (non-hydrogen) atoms. The van der Waals surface area contributed by atoms with Crippen molar-refractivity contribution in [3.63, 3.8) is 0 Å². The normalized spacial score (nSPS) is 18.1. The molecule has 1 aliphatic rings. The van der Waals surface area contributed by atoms with Gasteiger partial charge in [0.2, 0.25) is 0 Å². The number of rotatable bonds is 7. The minimum absolute atomic E-state index is 0.186. The summed E-state index contributed by atoms with van der Waals surface area (Å²) in [5.41, 5.74) is 2.86. The standard InChI is InChI=1S/C16H25NO2/c1-2-9-17-16-6-3-5-13-7-8-14(12-15(13)16)19-11-4-10-18/h7-8,12,16-18H,2-6,9-11H2,1H3. The highest BCUT2D eigenvalue weighted by Crippen LogP contribution is 2.32. The maximum Gasteiger partial charge on any atom is 0.119 e. The lowest BCUT2D eigenvalue weighted by Crippen LogP contribution is -2.25. The van der Waals surface area contributed by atoms with E-state index in [1.54, 1.807) is 0 Å². The molecule has 106 valence electrons. The largest absolute Gasteiger partial charge is 0.493 e. The quantitative estimate of drug-likeness (QED) is 0.743. The molecule has 0 aliphatic heterocycles. The molecule has 0 saturated heterocycles. The van der Waals surface area contributed by atoms with E-state index in [1.807, 2.05) is 0 Å². The van der Waals surface area contributed by atoms with Crippen LogP contribution in [0.3, 0.4) is 0 Å². The molecule has 0 amide bonds. The summed E-state index contributed by atoms with van der Waals surface area (Å²) in [6.45, 7) is 4.04. The van der Waals surface area contributed by atoms with Crippen LogP contribution in [0.15, 0.2) is 18.2 Å². The van der Waals surface area contributed by atoms with E-state index in [1.165, 1.54) is 36.8 Å². The van der Waals surface area contributed by atoms with Crippen molar-refractivity contribution in [2.75, 3.05) is 19.8 Å². The van der Waals surface area contributed by atoms with E-state index in [0.717, 1.165) is 12.3 Å². The van der Waals surface area contributed by atoms with Crippen LogP contribution >= 0.6 is 0 Å². The molecule has 0 radical (unpaired) electrons. The van der Waals surface area contributed by atoms with Gasteiger partial charge in [-0.1, -0.05) is 13.0 Å². The van der Waals surface area contributed by atoms with Crippen LogP contribution in [0, 0.1) is 0 Å². The number of hydrogen-bond acceptors (Lipinski definition) is 3. The van der Waals surface area contributed by atoms with E-state index in [9.17, 15) is 0 Å². The molecule has 0 bridgehead atoms. The Morgan fingerprint density at radius 2 is 2.32 bits per heavy atom. The van der Waals surface area contributed by atoms with Gasteiger partial charge in [0.1, 0.15) is 5.75 Å². The van der Waals surface area contributed by atoms with Crippen LogP contribution in [0.4, 0.5) is 0 Å². The first kappa shape index (κ1) is 14.4. The number of hydrogen-bond donors (Lipinski definition) is 2. The zero-order valence-corrected chi connectivity index (χ0v) is 11.8. The molecule has 1 aliphatic carbocycles. The predicted molar refractivity (Wildman–Crippen MR) is 77.6 cm³/mol. The summed E-state index contributed by atoms with van der Waals surface area (Å²) in [5.74, 6) is 0.928. The van der Waals surface area contributed by atoms with Crippen LogP contribution in [-0.2, 0) is 6.42 Å². The number of aliphatic hydroxyl groups is 1. The highest BCUT2D eigenvalue weighted by atomic mass is 16.5. The van der Waals surface area contributed by atoms with Crippen LogP contribution in [0.1, 0.15) is 49.8 Å². The molecule has 0 fully saturated rings. The fourth-order valence-corrected chi connectivity index (χ4v) is 2.65. The van der Waals surface area contributed by atoms with Gasteiger partial charge in [0.25, 0.3) is 0 Å². The average molecular weight is 263 g/mol. The Kier molecular flexibility index (Phi) is 5.67. The predicted octanol–water partition coefficient (Wildman–Crippen LogP) is 2.82. The van der Waals surface area contributed by atoms with Crippen LogP contribution in [0.5, 0.6) is 5.75 Å². The second-order valence-electron chi connectivity index (χ2n) is 5.19. The van der Waals surface area contributed by atoms with Gasteiger partial charge < -0.3 is 15.2 Å². The molecule has 0 saturated carbocycles. The van der Waals surface area contributed by atoms with Gasteiger partial charge in [-0.05, 0) is 55.5 Å². The van der Waals surface area contributed by atoms with E-state index in [-0.39, 0.29) is 6.61 Å². The Labute approximate surface area is 116 Å². The number of ether oxygens (including phenoxy) is 1. The lowest BCUT2D eigenvalue weighted by atomic mass is 9.87.